The molecule has 0 aliphatic carbocycles. The van der Waals surface area contributed by atoms with Gasteiger partial charge >= 0.3 is 0 Å². The highest BCUT2D eigenvalue weighted by atomic mass is 35.5. The topological polar surface area (TPSA) is 71.2 Å². The number of halogens is 1. The lowest BCUT2D eigenvalue weighted by atomic mass is 10.1. The van der Waals surface area contributed by atoms with Gasteiger partial charge in [-0.2, -0.15) is 0 Å². The number of amides is 1. The predicted molar refractivity (Wildman–Crippen MR) is 95.6 cm³/mol. The number of carbonyl (C=O) groups excluding carboxylic acids is 1. The van der Waals surface area contributed by atoms with Gasteiger partial charge in [0.25, 0.3) is 0 Å². The minimum absolute atomic E-state index is 0.240. The number of benzene rings is 1. The lowest BCUT2D eigenvalue weighted by molar-refractivity contribution is -0.111. The van der Waals surface area contributed by atoms with E-state index in [1.54, 1.807) is 30.5 Å². The Balaban J connectivity index is 2.14. The van der Waals surface area contributed by atoms with Crippen molar-refractivity contribution in [1.29, 1.82) is 0 Å². The molecule has 1 amide bonds. The zero-order valence-electron chi connectivity index (χ0n) is 13.1. The molecule has 120 valence electrons. The number of nitrogens with one attached hydrogen (secondary N) is 1. The first-order chi connectivity index (χ1) is 11.0. The van der Waals surface area contributed by atoms with Crippen LogP contribution in [0.25, 0.3) is 6.08 Å². The highest BCUT2D eigenvalue weighted by Gasteiger charge is 2.06. The summed E-state index contributed by atoms with van der Waals surface area (Å²) in [6.07, 6.45) is 4.92. The Morgan fingerprint density at radius 1 is 1.39 bits per heavy atom. The lowest BCUT2D eigenvalue weighted by Gasteiger charge is -2.13. The van der Waals surface area contributed by atoms with Crippen LogP contribution in [0.3, 0.4) is 0 Å². The van der Waals surface area contributed by atoms with E-state index in [4.69, 9.17) is 17.3 Å². The molecular weight excluding hydrogens is 312 g/mol. The van der Waals surface area contributed by atoms with Gasteiger partial charge in [0.15, 0.2) is 0 Å². The third kappa shape index (κ3) is 4.55. The van der Waals surface area contributed by atoms with Crippen LogP contribution in [-0.2, 0) is 11.3 Å². The van der Waals surface area contributed by atoms with E-state index in [2.05, 4.69) is 10.3 Å². The van der Waals surface area contributed by atoms with Gasteiger partial charge in [0.2, 0.25) is 5.91 Å². The summed E-state index contributed by atoms with van der Waals surface area (Å²) in [5.41, 5.74) is 7.98. The first-order valence-corrected chi connectivity index (χ1v) is 7.49. The zero-order chi connectivity index (χ0) is 16.8. The minimum atomic E-state index is -0.240. The van der Waals surface area contributed by atoms with Crippen LogP contribution < -0.4 is 16.0 Å². The fourth-order valence-corrected chi connectivity index (χ4v) is 2.30. The van der Waals surface area contributed by atoms with Gasteiger partial charge < -0.3 is 16.0 Å². The molecule has 0 saturated carbocycles. The Kier molecular flexibility index (Phi) is 5.73. The van der Waals surface area contributed by atoms with Crippen molar-refractivity contribution in [3.05, 3.63) is 58.8 Å². The minimum Gasteiger partial charge on any atom is -0.362 e. The van der Waals surface area contributed by atoms with Crippen LogP contribution in [0, 0.1) is 0 Å². The van der Waals surface area contributed by atoms with E-state index in [1.807, 2.05) is 31.1 Å². The van der Waals surface area contributed by atoms with Crippen LogP contribution >= 0.6 is 11.6 Å². The van der Waals surface area contributed by atoms with Crippen LogP contribution in [0.4, 0.5) is 11.5 Å². The molecule has 23 heavy (non-hydrogen) atoms. The lowest BCUT2D eigenvalue weighted by Crippen LogP contribution is -2.13. The molecule has 1 heterocycles. The van der Waals surface area contributed by atoms with Crippen LogP contribution in [-0.4, -0.2) is 25.0 Å². The van der Waals surface area contributed by atoms with Gasteiger partial charge in [-0.1, -0.05) is 11.6 Å². The number of hydrogen-bond acceptors (Lipinski definition) is 4. The Morgan fingerprint density at radius 3 is 2.87 bits per heavy atom. The van der Waals surface area contributed by atoms with E-state index >= 15 is 0 Å². The summed E-state index contributed by atoms with van der Waals surface area (Å²) in [4.78, 5) is 18.3. The van der Waals surface area contributed by atoms with Crippen molar-refractivity contribution in [1.82, 2.24) is 4.98 Å². The maximum atomic E-state index is 12.1. The number of anilines is 2. The largest absolute Gasteiger partial charge is 0.362 e. The van der Waals surface area contributed by atoms with Gasteiger partial charge in [0.05, 0.1) is 0 Å². The van der Waals surface area contributed by atoms with E-state index < -0.39 is 0 Å². The maximum absolute atomic E-state index is 12.1. The fourth-order valence-electron chi connectivity index (χ4n) is 2.11. The van der Waals surface area contributed by atoms with Crippen LogP contribution in [0.1, 0.15) is 11.1 Å². The van der Waals surface area contributed by atoms with Crippen LogP contribution in [0.2, 0.25) is 5.02 Å². The molecule has 0 aliphatic heterocycles. The van der Waals surface area contributed by atoms with Gasteiger partial charge in [-0.3, -0.25) is 4.79 Å². The number of hydrogen-bond donors (Lipinski definition) is 2. The molecule has 0 saturated heterocycles. The van der Waals surface area contributed by atoms with Crippen molar-refractivity contribution in [3.63, 3.8) is 0 Å². The monoisotopic (exact) mass is 330 g/mol. The molecule has 0 bridgehead atoms. The van der Waals surface area contributed by atoms with Crippen LogP contribution in [0.15, 0.2) is 42.6 Å². The summed E-state index contributed by atoms with van der Waals surface area (Å²) in [5, 5.41) is 3.40. The summed E-state index contributed by atoms with van der Waals surface area (Å²) in [5.74, 6) is 0.557. The Bertz CT molecular complexity index is 728. The van der Waals surface area contributed by atoms with Crippen LogP contribution in [0.5, 0.6) is 0 Å². The molecule has 0 radical (unpaired) electrons. The van der Waals surface area contributed by atoms with E-state index in [1.165, 1.54) is 6.08 Å². The van der Waals surface area contributed by atoms with Gasteiger partial charge in [-0.25, -0.2) is 4.98 Å². The highest BCUT2D eigenvalue weighted by molar-refractivity contribution is 6.30. The van der Waals surface area contributed by atoms with Crippen molar-refractivity contribution < 1.29 is 4.79 Å². The Labute approximate surface area is 140 Å². The normalized spacial score (nSPS) is 10.8. The number of nitrogens with zero attached hydrogens (tertiary/aromatic N) is 2. The summed E-state index contributed by atoms with van der Waals surface area (Å²) in [7, 11) is 3.81. The van der Waals surface area contributed by atoms with E-state index in [-0.39, 0.29) is 5.91 Å². The molecule has 3 N–H and O–H groups in total. The van der Waals surface area contributed by atoms with Crippen molar-refractivity contribution in [2.45, 2.75) is 6.54 Å². The molecule has 0 fully saturated rings. The molecule has 1 aromatic heterocycles. The second-order valence-electron chi connectivity index (χ2n) is 5.14. The summed E-state index contributed by atoms with van der Waals surface area (Å²) >= 11 is 5.93. The van der Waals surface area contributed by atoms with Crippen molar-refractivity contribution in [3.8, 4) is 0 Å². The fraction of sp³-hybridized carbons (Fsp3) is 0.176. The smallest absolute Gasteiger partial charge is 0.248 e. The first kappa shape index (κ1) is 17.0. The Hall–Kier alpha value is -2.37. The molecule has 5 nitrogen and oxygen atoms in total. The van der Waals surface area contributed by atoms with Gasteiger partial charge in [-0.05, 0) is 42.0 Å². The third-order valence-electron chi connectivity index (χ3n) is 3.20. The first-order valence-electron chi connectivity index (χ1n) is 7.11. The predicted octanol–water partition coefficient (Wildman–Crippen LogP) is 2.91. The van der Waals surface area contributed by atoms with E-state index in [0.29, 0.717) is 17.3 Å². The van der Waals surface area contributed by atoms with Gasteiger partial charge in [0, 0.05) is 49.2 Å². The molecule has 2 rings (SSSR count). The SMILES string of the molecule is CN(C)c1ncccc1/C=C/C(=O)Nc1ccc(Cl)cc1CN. The average molecular weight is 331 g/mol. The van der Waals surface area contributed by atoms with E-state index in [9.17, 15) is 4.79 Å². The standard InChI is InChI=1S/C17H19ClN4O/c1-22(2)17-12(4-3-9-20-17)5-8-16(23)21-15-7-6-14(18)10-13(15)11-19/h3-10H,11,19H2,1-2H3,(H,21,23)/b8-5+. The van der Waals surface area contributed by atoms with Crippen molar-refractivity contribution >= 4 is 35.1 Å². The summed E-state index contributed by atoms with van der Waals surface area (Å²) < 4.78 is 0. The molecule has 0 aliphatic rings. The number of nitrogens with two attached hydrogens (primary N) is 1. The van der Waals surface area contributed by atoms with Crippen molar-refractivity contribution in [2.24, 2.45) is 5.73 Å². The molecule has 0 spiro atoms. The molecule has 6 heteroatoms. The molecule has 1 aromatic carbocycles. The van der Waals surface area contributed by atoms with Gasteiger partial charge in [-0.15, -0.1) is 0 Å². The number of rotatable bonds is 5. The number of carbonyl (C=O) groups is 1. The summed E-state index contributed by atoms with van der Waals surface area (Å²) in [6.45, 7) is 0.299. The van der Waals surface area contributed by atoms with Gasteiger partial charge in [0.1, 0.15) is 5.82 Å². The van der Waals surface area contributed by atoms with E-state index in [0.717, 1.165) is 16.9 Å². The second kappa shape index (κ2) is 7.76. The highest BCUT2D eigenvalue weighted by Crippen LogP contribution is 2.20. The third-order valence-corrected chi connectivity index (χ3v) is 3.43. The Morgan fingerprint density at radius 2 is 2.17 bits per heavy atom. The quantitative estimate of drug-likeness (QED) is 0.827. The maximum Gasteiger partial charge on any atom is 0.248 e. The molecule has 2 aromatic rings. The number of pyridine rings is 1. The molecule has 0 unspecified atom stereocenters. The second-order valence-corrected chi connectivity index (χ2v) is 5.58. The average Bonchev–Trinajstić information content (AvgIpc) is 2.54. The number of aromatic nitrogens is 1. The van der Waals surface area contributed by atoms with Crippen molar-refractivity contribution in [2.75, 3.05) is 24.3 Å². The summed E-state index contributed by atoms with van der Waals surface area (Å²) in [6, 6.07) is 8.93. The molecular formula is C17H19ClN4O. The zero-order valence-corrected chi connectivity index (χ0v) is 13.8. The molecule has 0 atom stereocenters.